The Morgan fingerprint density at radius 1 is 0.938 bits per heavy atom. The summed E-state index contributed by atoms with van der Waals surface area (Å²) in [5.41, 5.74) is 11.3. The van der Waals surface area contributed by atoms with Gasteiger partial charge in [-0.05, 0) is 83.8 Å². The molecule has 8 rings (SSSR count). The molecule has 15 nitrogen and oxygen atoms in total. The van der Waals surface area contributed by atoms with E-state index in [4.69, 9.17) is 14.6 Å². The molecule has 65 heavy (non-hydrogen) atoms. The molecule has 1 unspecified atom stereocenters. The molecule has 3 aromatic heterocycles. The highest BCUT2D eigenvalue weighted by molar-refractivity contribution is 7.13. The van der Waals surface area contributed by atoms with Gasteiger partial charge in [0.05, 0.1) is 40.2 Å². The van der Waals surface area contributed by atoms with Gasteiger partial charge in [-0.25, -0.2) is 9.67 Å². The van der Waals surface area contributed by atoms with Gasteiger partial charge in [0.2, 0.25) is 17.7 Å². The van der Waals surface area contributed by atoms with Gasteiger partial charge in [-0.15, -0.1) is 11.3 Å². The molecule has 6 aromatic rings. The van der Waals surface area contributed by atoms with E-state index in [1.807, 2.05) is 117 Å². The number of carbonyl (C=O) groups excluding carboxylic acids is 3. The number of nitrogens with one attached hydrogen (secondary N) is 2. The highest BCUT2D eigenvalue weighted by Gasteiger charge is 2.44. The van der Waals surface area contributed by atoms with Gasteiger partial charge >= 0.3 is 0 Å². The number of fused-ring (bicyclic) bond motifs is 1. The lowest BCUT2D eigenvalue weighted by Crippen LogP contribution is -2.58. The van der Waals surface area contributed by atoms with E-state index in [1.165, 1.54) is 4.90 Å². The number of oxime groups is 1. The molecule has 3 atom stereocenters. The van der Waals surface area contributed by atoms with Gasteiger partial charge < -0.3 is 35.3 Å². The molecule has 3 aromatic carbocycles. The number of thiazole rings is 1. The number of hydrogen-bond donors (Lipinski definition) is 4. The highest BCUT2D eigenvalue weighted by atomic mass is 32.1. The molecule has 0 bridgehead atoms. The Kier molecular flexibility index (Phi) is 13.5. The molecule has 0 saturated carbocycles. The fourth-order valence-electron chi connectivity index (χ4n) is 8.24. The predicted octanol–water partition coefficient (Wildman–Crippen LogP) is 6.36. The number of aromatic nitrogens is 4. The van der Waals surface area contributed by atoms with E-state index in [0.29, 0.717) is 17.9 Å². The van der Waals surface area contributed by atoms with E-state index < -0.39 is 35.4 Å². The molecule has 4 N–H and O–H groups in total. The van der Waals surface area contributed by atoms with Crippen LogP contribution in [0.5, 0.6) is 5.75 Å². The summed E-state index contributed by atoms with van der Waals surface area (Å²) >= 11 is 1.57. The summed E-state index contributed by atoms with van der Waals surface area (Å²) in [5, 5.41) is 34.2. The summed E-state index contributed by atoms with van der Waals surface area (Å²) in [4.78, 5) is 51.6. The minimum atomic E-state index is -0.980. The van der Waals surface area contributed by atoms with E-state index >= 15 is 0 Å². The molecular formula is C49H52N8O7S. The zero-order valence-electron chi connectivity index (χ0n) is 36.7. The maximum absolute atomic E-state index is 14.0. The van der Waals surface area contributed by atoms with Crippen LogP contribution in [0.15, 0.2) is 108 Å². The number of aryl methyl sites for hydroxylation is 2. The summed E-state index contributed by atoms with van der Waals surface area (Å²) in [6, 6.07) is 23.5. The SMILES string of the molecule is Cc1ncsc1-c1ccc(CNC(=O)[C@@H]2C[C@@H](O)CN2C(=O)C(NC(=O)COCCOc2ccc(-n3cc(-c4ccc5c(c4)CC/C5=N\O)c(-c4ccncc4)n3)cc2)C(C)(C)C)cc1. The van der Waals surface area contributed by atoms with Gasteiger partial charge in [-0.1, -0.05) is 68.4 Å². The van der Waals surface area contributed by atoms with Crippen molar-refractivity contribution in [1.29, 1.82) is 0 Å². The average molecular weight is 897 g/mol. The number of amides is 3. The second-order valence-corrected chi connectivity index (χ2v) is 18.2. The van der Waals surface area contributed by atoms with Gasteiger partial charge in [-0.2, -0.15) is 5.10 Å². The first-order chi connectivity index (χ1) is 31.4. The van der Waals surface area contributed by atoms with Crippen LogP contribution in [0, 0.1) is 12.3 Å². The molecule has 1 aliphatic carbocycles. The van der Waals surface area contributed by atoms with E-state index in [-0.39, 0.29) is 45.2 Å². The van der Waals surface area contributed by atoms with E-state index in [2.05, 4.69) is 31.8 Å². The molecule has 1 saturated heterocycles. The van der Waals surface area contributed by atoms with Crippen molar-refractivity contribution < 1.29 is 34.2 Å². The van der Waals surface area contributed by atoms with Gasteiger partial charge in [-0.3, -0.25) is 19.4 Å². The van der Waals surface area contributed by atoms with Crippen molar-refractivity contribution in [3.63, 3.8) is 0 Å². The Labute approximate surface area is 381 Å². The lowest BCUT2D eigenvalue weighted by atomic mass is 9.85. The maximum Gasteiger partial charge on any atom is 0.246 e. The van der Waals surface area contributed by atoms with Crippen LogP contribution in [-0.4, -0.2) is 103 Å². The van der Waals surface area contributed by atoms with Crippen molar-refractivity contribution in [3.05, 3.63) is 125 Å². The van der Waals surface area contributed by atoms with Crippen LogP contribution in [0.25, 0.3) is 38.5 Å². The second kappa shape index (κ2) is 19.6. The zero-order chi connectivity index (χ0) is 45.7. The molecule has 16 heteroatoms. The fourth-order valence-corrected chi connectivity index (χ4v) is 9.05. The molecule has 3 amide bonds. The zero-order valence-corrected chi connectivity index (χ0v) is 37.5. The molecule has 336 valence electrons. The van der Waals surface area contributed by atoms with Gasteiger partial charge in [0.15, 0.2) is 0 Å². The first-order valence-corrected chi connectivity index (χ1v) is 22.4. The molecular weight excluding hydrogens is 845 g/mol. The number of carbonyl (C=O) groups is 3. The number of nitrogens with zero attached hydrogens (tertiary/aromatic N) is 6. The summed E-state index contributed by atoms with van der Waals surface area (Å²) in [6.07, 6.45) is 6.20. The maximum atomic E-state index is 14.0. The highest BCUT2D eigenvalue weighted by Crippen LogP contribution is 2.35. The van der Waals surface area contributed by atoms with Crippen LogP contribution in [0.3, 0.4) is 0 Å². The summed E-state index contributed by atoms with van der Waals surface area (Å²) in [5.74, 6) is -0.711. The van der Waals surface area contributed by atoms with Crippen LogP contribution in [-0.2, 0) is 32.1 Å². The van der Waals surface area contributed by atoms with Crippen LogP contribution >= 0.6 is 11.3 Å². The third-order valence-electron chi connectivity index (χ3n) is 11.7. The number of hydrogen-bond acceptors (Lipinski definition) is 12. The van der Waals surface area contributed by atoms with Crippen molar-refractivity contribution >= 4 is 34.8 Å². The van der Waals surface area contributed by atoms with Gasteiger partial charge in [0.1, 0.15) is 36.7 Å². The Hall–Kier alpha value is -6.75. The van der Waals surface area contributed by atoms with Crippen molar-refractivity contribution in [3.8, 4) is 44.3 Å². The standard InChI is InChI=1S/C49H52N8O7S/c1-30-45(65-29-52-30)33-7-5-31(6-8-33)25-51-47(60)42-24-37(58)26-56(42)48(61)46(49(2,3)4)53-43(59)28-63-21-22-64-38-13-11-36(12-14-38)57-27-40(44(54-57)32-17-19-50-20-18-32)35-9-15-39-34(23-35)10-16-41(39)55-62/h5-9,11-15,17-20,23,27,29,37,42,46,58,62H,10,16,21-22,24-26,28H2,1-4H3,(H,51,60)(H,53,59)/b55-41+/t37-,42+,46?/m1/s1. The van der Waals surface area contributed by atoms with E-state index in [9.17, 15) is 24.7 Å². The number of β-amino-alcohol motifs (C(OH)–C–C–N with tert-alkyl or cyclic N) is 1. The number of ether oxygens (including phenoxy) is 2. The number of benzene rings is 3. The van der Waals surface area contributed by atoms with Crippen LogP contribution in [0.1, 0.15) is 56.0 Å². The van der Waals surface area contributed by atoms with Crippen LogP contribution < -0.4 is 15.4 Å². The molecule has 1 aliphatic heterocycles. The number of aliphatic hydroxyl groups is 1. The van der Waals surface area contributed by atoms with E-state index in [0.717, 1.165) is 67.3 Å². The van der Waals surface area contributed by atoms with Crippen LogP contribution in [0.4, 0.5) is 0 Å². The number of likely N-dealkylation sites (tertiary alicyclic amines) is 1. The minimum absolute atomic E-state index is 0.0222. The normalized spacial score (nSPS) is 16.9. The summed E-state index contributed by atoms with van der Waals surface area (Å²) < 4.78 is 13.4. The molecule has 1 fully saturated rings. The third kappa shape index (κ3) is 10.3. The third-order valence-corrected chi connectivity index (χ3v) is 12.7. The number of pyridine rings is 1. The molecule has 2 aliphatic rings. The van der Waals surface area contributed by atoms with Crippen molar-refractivity contribution in [2.75, 3.05) is 26.4 Å². The lowest BCUT2D eigenvalue weighted by Gasteiger charge is -2.35. The van der Waals surface area contributed by atoms with Crippen LogP contribution in [0.2, 0.25) is 0 Å². The summed E-state index contributed by atoms with van der Waals surface area (Å²) in [7, 11) is 0. The lowest BCUT2D eigenvalue weighted by molar-refractivity contribution is -0.144. The smallest absolute Gasteiger partial charge is 0.246 e. The Morgan fingerprint density at radius 2 is 1.69 bits per heavy atom. The average Bonchev–Trinajstić information content (AvgIpc) is 4.13. The molecule has 0 spiro atoms. The minimum Gasteiger partial charge on any atom is -0.491 e. The monoisotopic (exact) mass is 896 g/mol. The largest absolute Gasteiger partial charge is 0.491 e. The van der Waals surface area contributed by atoms with Gasteiger partial charge in [0, 0.05) is 54.8 Å². The number of aliphatic hydroxyl groups excluding tert-OH is 1. The first kappa shape index (κ1) is 44.8. The number of rotatable bonds is 15. The molecule has 0 radical (unpaired) electrons. The Morgan fingerprint density at radius 3 is 2.40 bits per heavy atom. The predicted molar refractivity (Wildman–Crippen MR) is 247 cm³/mol. The second-order valence-electron chi connectivity index (χ2n) is 17.3. The quantitative estimate of drug-likeness (QED) is 0.0512. The Bertz CT molecular complexity index is 2680. The Balaban J connectivity index is 0.827. The fraction of sp³-hybridized carbons (Fsp3) is 0.327. The topological polar surface area (TPSA) is 193 Å². The summed E-state index contributed by atoms with van der Waals surface area (Å²) in [6.45, 7) is 7.67. The van der Waals surface area contributed by atoms with Gasteiger partial charge in [0.25, 0.3) is 0 Å². The first-order valence-electron chi connectivity index (χ1n) is 21.6. The van der Waals surface area contributed by atoms with Crippen molar-refractivity contribution in [1.82, 2.24) is 35.3 Å². The van der Waals surface area contributed by atoms with Crippen molar-refractivity contribution in [2.45, 2.75) is 71.7 Å². The van der Waals surface area contributed by atoms with Crippen molar-refractivity contribution in [2.24, 2.45) is 10.6 Å². The van der Waals surface area contributed by atoms with E-state index in [1.54, 1.807) is 23.7 Å². The molecule has 4 heterocycles.